The standard InChI is InChI=1S/C11H14ClNO2/c1-3-13-11(14)7-15-10-6-9(12)5-4-8(10)2/h4-6H,3,7H2,1-2H3,(H,13,14). The molecule has 0 bridgehead atoms. The fraction of sp³-hybridized carbons (Fsp3) is 0.364. The van der Waals surface area contributed by atoms with E-state index in [1.165, 1.54) is 0 Å². The van der Waals surface area contributed by atoms with Crippen molar-refractivity contribution >= 4 is 17.5 Å². The molecule has 15 heavy (non-hydrogen) atoms. The second kappa shape index (κ2) is 5.61. The van der Waals surface area contributed by atoms with Crippen molar-refractivity contribution in [1.29, 1.82) is 0 Å². The summed E-state index contributed by atoms with van der Waals surface area (Å²) >= 11 is 5.81. The maximum atomic E-state index is 11.1. The molecule has 0 saturated carbocycles. The molecule has 0 aliphatic rings. The zero-order chi connectivity index (χ0) is 11.3. The summed E-state index contributed by atoms with van der Waals surface area (Å²) < 4.78 is 5.34. The summed E-state index contributed by atoms with van der Waals surface area (Å²) in [5.41, 5.74) is 0.962. The van der Waals surface area contributed by atoms with Crippen LogP contribution in [0.4, 0.5) is 0 Å². The molecule has 82 valence electrons. The van der Waals surface area contributed by atoms with E-state index in [0.29, 0.717) is 17.3 Å². The van der Waals surface area contributed by atoms with Crippen LogP contribution in [0.3, 0.4) is 0 Å². The number of amides is 1. The van der Waals surface area contributed by atoms with E-state index < -0.39 is 0 Å². The van der Waals surface area contributed by atoms with Gasteiger partial charge in [-0.3, -0.25) is 4.79 Å². The minimum absolute atomic E-state index is 0.0228. The molecule has 1 amide bonds. The first kappa shape index (κ1) is 11.9. The van der Waals surface area contributed by atoms with Crippen LogP contribution in [0, 0.1) is 6.92 Å². The van der Waals surface area contributed by atoms with Crippen LogP contribution >= 0.6 is 11.6 Å². The van der Waals surface area contributed by atoms with Crippen LogP contribution in [0.25, 0.3) is 0 Å². The molecule has 0 aromatic heterocycles. The van der Waals surface area contributed by atoms with Gasteiger partial charge in [-0.05, 0) is 31.5 Å². The Labute approximate surface area is 94.4 Å². The molecule has 0 radical (unpaired) electrons. The van der Waals surface area contributed by atoms with Gasteiger partial charge in [0.2, 0.25) is 0 Å². The Hall–Kier alpha value is -1.22. The van der Waals surface area contributed by atoms with E-state index in [9.17, 15) is 4.79 Å². The molecule has 1 aromatic rings. The second-order valence-electron chi connectivity index (χ2n) is 3.15. The lowest BCUT2D eigenvalue weighted by Gasteiger charge is -2.08. The molecule has 0 heterocycles. The van der Waals surface area contributed by atoms with E-state index in [4.69, 9.17) is 16.3 Å². The molecular weight excluding hydrogens is 214 g/mol. The van der Waals surface area contributed by atoms with Gasteiger partial charge in [-0.25, -0.2) is 0 Å². The van der Waals surface area contributed by atoms with Crippen LogP contribution in [0.1, 0.15) is 12.5 Å². The fourth-order valence-corrected chi connectivity index (χ4v) is 1.28. The summed E-state index contributed by atoms with van der Waals surface area (Å²) in [6.07, 6.45) is 0. The molecule has 1 rings (SSSR count). The van der Waals surface area contributed by atoms with Gasteiger partial charge in [0.1, 0.15) is 5.75 Å². The van der Waals surface area contributed by atoms with Gasteiger partial charge in [0, 0.05) is 11.6 Å². The van der Waals surface area contributed by atoms with Crippen molar-refractivity contribution < 1.29 is 9.53 Å². The molecule has 4 heteroatoms. The van der Waals surface area contributed by atoms with Gasteiger partial charge in [-0.15, -0.1) is 0 Å². The minimum atomic E-state index is -0.128. The van der Waals surface area contributed by atoms with Crippen LogP contribution < -0.4 is 10.1 Å². The summed E-state index contributed by atoms with van der Waals surface area (Å²) in [6, 6.07) is 5.35. The van der Waals surface area contributed by atoms with E-state index in [1.54, 1.807) is 12.1 Å². The zero-order valence-corrected chi connectivity index (χ0v) is 9.60. The molecule has 0 aliphatic heterocycles. The second-order valence-corrected chi connectivity index (χ2v) is 3.59. The van der Waals surface area contributed by atoms with Crippen molar-refractivity contribution in [3.05, 3.63) is 28.8 Å². The summed E-state index contributed by atoms with van der Waals surface area (Å²) in [5, 5.41) is 3.26. The van der Waals surface area contributed by atoms with Crippen LogP contribution in [0.2, 0.25) is 5.02 Å². The Morgan fingerprint density at radius 1 is 1.53 bits per heavy atom. The molecule has 0 aliphatic carbocycles. The van der Waals surface area contributed by atoms with E-state index in [1.807, 2.05) is 19.9 Å². The Kier molecular flexibility index (Phi) is 4.43. The smallest absolute Gasteiger partial charge is 0.257 e. The SMILES string of the molecule is CCNC(=O)COc1cc(Cl)ccc1C. The quantitative estimate of drug-likeness (QED) is 0.856. The van der Waals surface area contributed by atoms with Crippen molar-refractivity contribution in [2.75, 3.05) is 13.2 Å². The van der Waals surface area contributed by atoms with Crippen LogP contribution in [0.5, 0.6) is 5.75 Å². The van der Waals surface area contributed by atoms with E-state index in [2.05, 4.69) is 5.32 Å². The first-order valence-corrected chi connectivity index (χ1v) is 5.17. The molecule has 1 aromatic carbocycles. The third kappa shape index (κ3) is 3.80. The minimum Gasteiger partial charge on any atom is -0.483 e. The number of likely N-dealkylation sites (N-methyl/N-ethyl adjacent to an activating group) is 1. The van der Waals surface area contributed by atoms with Crippen LogP contribution in [-0.2, 0) is 4.79 Å². The topological polar surface area (TPSA) is 38.3 Å². The van der Waals surface area contributed by atoms with Gasteiger partial charge < -0.3 is 10.1 Å². The number of hydrogen-bond donors (Lipinski definition) is 1. The first-order valence-electron chi connectivity index (χ1n) is 4.79. The number of carbonyl (C=O) groups is 1. The summed E-state index contributed by atoms with van der Waals surface area (Å²) in [6.45, 7) is 4.40. The molecule has 0 spiro atoms. The lowest BCUT2D eigenvalue weighted by Crippen LogP contribution is -2.28. The van der Waals surface area contributed by atoms with E-state index in [0.717, 1.165) is 5.56 Å². The lowest BCUT2D eigenvalue weighted by atomic mass is 10.2. The van der Waals surface area contributed by atoms with Gasteiger partial charge in [0.25, 0.3) is 5.91 Å². The number of benzene rings is 1. The zero-order valence-electron chi connectivity index (χ0n) is 8.84. The number of ether oxygens (including phenoxy) is 1. The van der Waals surface area contributed by atoms with Crippen LogP contribution in [0.15, 0.2) is 18.2 Å². The summed E-state index contributed by atoms with van der Waals surface area (Å²) in [4.78, 5) is 11.1. The Balaban J connectivity index is 2.57. The Morgan fingerprint density at radius 2 is 2.27 bits per heavy atom. The normalized spacial score (nSPS) is 9.80. The predicted molar refractivity (Wildman–Crippen MR) is 60.4 cm³/mol. The summed E-state index contributed by atoms with van der Waals surface area (Å²) in [7, 11) is 0. The summed E-state index contributed by atoms with van der Waals surface area (Å²) in [5.74, 6) is 0.519. The van der Waals surface area contributed by atoms with Gasteiger partial charge in [0.05, 0.1) is 0 Å². The van der Waals surface area contributed by atoms with Crippen molar-refractivity contribution in [3.63, 3.8) is 0 Å². The molecule has 3 nitrogen and oxygen atoms in total. The average Bonchev–Trinajstić information content (AvgIpc) is 2.20. The van der Waals surface area contributed by atoms with Gasteiger partial charge in [-0.2, -0.15) is 0 Å². The maximum absolute atomic E-state index is 11.1. The first-order chi connectivity index (χ1) is 7.13. The molecule has 0 atom stereocenters. The van der Waals surface area contributed by atoms with Crippen molar-refractivity contribution in [3.8, 4) is 5.75 Å². The van der Waals surface area contributed by atoms with Gasteiger partial charge in [0.15, 0.2) is 6.61 Å². The third-order valence-electron chi connectivity index (χ3n) is 1.88. The highest BCUT2D eigenvalue weighted by atomic mass is 35.5. The van der Waals surface area contributed by atoms with E-state index in [-0.39, 0.29) is 12.5 Å². The maximum Gasteiger partial charge on any atom is 0.257 e. The number of halogens is 1. The number of hydrogen-bond acceptors (Lipinski definition) is 2. The van der Waals surface area contributed by atoms with Crippen LogP contribution in [-0.4, -0.2) is 19.1 Å². The number of nitrogens with one attached hydrogen (secondary N) is 1. The highest BCUT2D eigenvalue weighted by Crippen LogP contribution is 2.22. The van der Waals surface area contributed by atoms with Crippen molar-refractivity contribution in [2.24, 2.45) is 0 Å². The monoisotopic (exact) mass is 227 g/mol. The third-order valence-corrected chi connectivity index (χ3v) is 2.12. The van der Waals surface area contributed by atoms with Crippen molar-refractivity contribution in [1.82, 2.24) is 5.32 Å². The largest absolute Gasteiger partial charge is 0.483 e. The molecular formula is C11H14ClNO2. The Bertz CT molecular complexity index is 352. The molecule has 1 N–H and O–H groups in total. The van der Waals surface area contributed by atoms with Crippen molar-refractivity contribution in [2.45, 2.75) is 13.8 Å². The number of rotatable bonds is 4. The number of carbonyl (C=O) groups excluding carboxylic acids is 1. The number of aryl methyl sites for hydroxylation is 1. The molecule has 0 fully saturated rings. The highest BCUT2D eigenvalue weighted by Gasteiger charge is 2.04. The average molecular weight is 228 g/mol. The fourth-order valence-electron chi connectivity index (χ4n) is 1.12. The van der Waals surface area contributed by atoms with Gasteiger partial charge >= 0.3 is 0 Å². The van der Waals surface area contributed by atoms with E-state index >= 15 is 0 Å². The highest BCUT2D eigenvalue weighted by molar-refractivity contribution is 6.30. The van der Waals surface area contributed by atoms with Gasteiger partial charge in [-0.1, -0.05) is 17.7 Å². The lowest BCUT2D eigenvalue weighted by molar-refractivity contribution is -0.122. The molecule has 0 unspecified atom stereocenters. The Morgan fingerprint density at radius 3 is 2.93 bits per heavy atom. The predicted octanol–water partition coefficient (Wildman–Crippen LogP) is 2.16. The molecule has 0 saturated heterocycles.